The van der Waals surface area contributed by atoms with Crippen molar-refractivity contribution >= 4 is 22.8 Å². The molecule has 27 heavy (non-hydrogen) atoms. The van der Waals surface area contributed by atoms with E-state index in [0.29, 0.717) is 22.8 Å². The minimum absolute atomic E-state index is 0.0377. The molecule has 1 amide bonds. The lowest BCUT2D eigenvalue weighted by molar-refractivity contribution is -0.121. The Morgan fingerprint density at radius 2 is 1.93 bits per heavy atom. The van der Waals surface area contributed by atoms with Crippen LogP contribution in [0.15, 0.2) is 42.6 Å². The van der Waals surface area contributed by atoms with Crippen LogP contribution in [-0.4, -0.2) is 26.9 Å². The topological polar surface area (TPSA) is 96.7 Å². The molecule has 6 heteroatoms. The lowest BCUT2D eigenvalue weighted by Crippen LogP contribution is -2.33. The zero-order valence-electron chi connectivity index (χ0n) is 15.5. The van der Waals surface area contributed by atoms with Crippen molar-refractivity contribution in [2.24, 2.45) is 17.6 Å². The van der Waals surface area contributed by atoms with Crippen molar-refractivity contribution in [2.45, 2.75) is 38.6 Å². The molecule has 1 fully saturated rings. The largest absolute Gasteiger partial charge is 0.328 e. The maximum Gasteiger partial charge on any atom is 0.227 e. The number of fused-ring (bicyclic) bond motifs is 1. The second-order valence-electron chi connectivity index (χ2n) is 7.47. The first-order valence-corrected chi connectivity index (χ1v) is 9.58. The number of hydrogen-bond donors (Lipinski definition) is 3. The van der Waals surface area contributed by atoms with Gasteiger partial charge in [-0.3, -0.25) is 4.79 Å². The summed E-state index contributed by atoms with van der Waals surface area (Å²) in [5.74, 6) is 1.38. The average Bonchev–Trinajstić information content (AvgIpc) is 3.14. The molecule has 1 unspecified atom stereocenters. The normalized spacial score (nSPS) is 21.1. The molecule has 0 saturated heterocycles. The quantitative estimate of drug-likeness (QED) is 0.658. The number of aromatic nitrogens is 3. The summed E-state index contributed by atoms with van der Waals surface area (Å²) in [6.45, 7) is 2.06. The Hall–Kier alpha value is -2.73. The molecular weight excluding hydrogens is 338 g/mol. The highest BCUT2D eigenvalue weighted by Gasteiger charge is 2.28. The summed E-state index contributed by atoms with van der Waals surface area (Å²) in [6.07, 6.45) is 5.51. The molecule has 0 bridgehead atoms. The number of rotatable bonds is 4. The van der Waals surface area contributed by atoms with Gasteiger partial charge in [-0.15, -0.1) is 0 Å². The molecule has 6 nitrogen and oxygen atoms in total. The van der Waals surface area contributed by atoms with Crippen LogP contribution in [-0.2, 0) is 4.79 Å². The summed E-state index contributed by atoms with van der Waals surface area (Å²) < 4.78 is 0. The van der Waals surface area contributed by atoms with Crippen LogP contribution in [0.1, 0.15) is 32.6 Å². The van der Waals surface area contributed by atoms with Gasteiger partial charge in [0.05, 0.1) is 5.69 Å². The number of nitrogens with two attached hydrogens (primary N) is 1. The number of nitrogens with one attached hydrogen (secondary N) is 2. The zero-order valence-corrected chi connectivity index (χ0v) is 15.5. The van der Waals surface area contributed by atoms with Crippen LogP contribution in [0.25, 0.3) is 22.6 Å². The Morgan fingerprint density at radius 1 is 1.19 bits per heavy atom. The van der Waals surface area contributed by atoms with E-state index < -0.39 is 0 Å². The molecule has 3 aromatic rings. The molecule has 1 aliphatic rings. The standard InChI is InChI=1S/C21H25N5O/c1-13(22)14-7-9-16(10-8-14)21(27)24-17-11-12-23-20-18(17)25-19(26-20)15-5-3-2-4-6-15/h2-6,11-14,16H,7-10,22H2,1H3,(H2,23,24,25,26,27)/t13?,14-,16-. The van der Waals surface area contributed by atoms with Gasteiger partial charge < -0.3 is 16.0 Å². The number of carbonyl (C=O) groups is 1. The number of imidazole rings is 1. The van der Waals surface area contributed by atoms with Crippen LogP contribution in [0.5, 0.6) is 0 Å². The minimum Gasteiger partial charge on any atom is -0.328 e. The number of aromatic amines is 1. The molecule has 4 N–H and O–H groups in total. The van der Waals surface area contributed by atoms with Crippen LogP contribution in [0, 0.1) is 11.8 Å². The molecule has 0 aliphatic heterocycles. The van der Waals surface area contributed by atoms with Gasteiger partial charge in [-0.05, 0) is 44.6 Å². The number of pyridine rings is 1. The zero-order chi connectivity index (χ0) is 18.8. The summed E-state index contributed by atoms with van der Waals surface area (Å²) in [4.78, 5) is 25.0. The number of hydrogen-bond acceptors (Lipinski definition) is 4. The van der Waals surface area contributed by atoms with Crippen LogP contribution in [0.4, 0.5) is 5.69 Å². The molecule has 1 aliphatic carbocycles. The van der Waals surface area contributed by atoms with Gasteiger partial charge in [-0.2, -0.15) is 0 Å². The Balaban J connectivity index is 1.52. The van der Waals surface area contributed by atoms with Gasteiger partial charge in [0.2, 0.25) is 5.91 Å². The Bertz CT molecular complexity index is 926. The van der Waals surface area contributed by atoms with Crippen molar-refractivity contribution in [1.82, 2.24) is 15.0 Å². The van der Waals surface area contributed by atoms with E-state index in [-0.39, 0.29) is 17.9 Å². The number of anilines is 1. The van der Waals surface area contributed by atoms with E-state index in [2.05, 4.69) is 27.2 Å². The summed E-state index contributed by atoms with van der Waals surface area (Å²) in [6, 6.07) is 11.9. The number of carbonyl (C=O) groups excluding carboxylic acids is 1. The second kappa shape index (κ2) is 7.48. The van der Waals surface area contributed by atoms with Crippen LogP contribution < -0.4 is 11.1 Å². The predicted molar refractivity (Wildman–Crippen MR) is 107 cm³/mol. The second-order valence-corrected chi connectivity index (χ2v) is 7.47. The Labute approximate surface area is 158 Å². The first kappa shape index (κ1) is 17.7. The molecule has 1 atom stereocenters. The van der Waals surface area contributed by atoms with E-state index >= 15 is 0 Å². The third-order valence-corrected chi connectivity index (χ3v) is 5.58. The molecule has 0 spiro atoms. The maximum absolute atomic E-state index is 12.8. The van der Waals surface area contributed by atoms with Crippen molar-refractivity contribution < 1.29 is 4.79 Å². The number of amides is 1. The van der Waals surface area contributed by atoms with Crippen molar-refractivity contribution in [3.8, 4) is 11.4 Å². The first-order chi connectivity index (χ1) is 13.1. The van der Waals surface area contributed by atoms with Crippen LogP contribution in [0.2, 0.25) is 0 Å². The average molecular weight is 363 g/mol. The molecule has 140 valence electrons. The van der Waals surface area contributed by atoms with Gasteiger partial charge in [0.25, 0.3) is 0 Å². The van der Waals surface area contributed by atoms with Gasteiger partial charge in [0.1, 0.15) is 11.3 Å². The maximum atomic E-state index is 12.8. The SMILES string of the molecule is CC(N)[C@H]1CC[C@H](C(=O)Nc2ccnc3[nH]c(-c4ccccc4)nc23)CC1. The van der Waals surface area contributed by atoms with E-state index in [1.807, 2.05) is 36.4 Å². The number of nitrogens with zero attached hydrogens (tertiary/aromatic N) is 2. The summed E-state index contributed by atoms with van der Waals surface area (Å²) in [5, 5.41) is 3.07. The van der Waals surface area contributed by atoms with Gasteiger partial charge in [-0.1, -0.05) is 30.3 Å². The van der Waals surface area contributed by atoms with Crippen molar-refractivity contribution in [2.75, 3.05) is 5.32 Å². The van der Waals surface area contributed by atoms with E-state index in [9.17, 15) is 4.79 Å². The van der Waals surface area contributed by atoms with Gasteiger partial charge in [0, 0.05) is 23.7 Å². The minimum atomic E-state index is 0.0377. The molecule has 1 saturated carbocycles. The van der Waals surface area contributed by atoms with E-state index in [4.69, 9.17) is 5.73 Å². The van der Waals surface area contributed by atoms with Crippen molar-refractivity contribution in [1.29, 1.82) is 0 Å². The van der Waals surface area contributed by atoms with Crippen molar-refractivity contribution in [3.05, 3.63) is 42.6 Å². The third-order valence-electron chi connectivity index (χ3n) is 5.58. The highest BCUT2D eigenvalue weighted by molar-refractivity contribution is 6.00. The highest BCUT2D eigenvalue weighted by Crippen LogP contribution is 2.32. The third kappa shape index (κ3) is 3.71. The fourth-order valence-corrected chi connectivity index (χ4v) is 3.89. The fourth-order valence-electron chi connectivity index (χ4n) is 3.89. The van der Waals surface area contributed by atoms with E-state index in [0.717, 1.165) is 37.1 Å². The first-order valence-electron chi connectivity index (χ1n) is 9.58. The van der Waals surface area contributed by atoms with Gasteiger partial charge >= 0.3 is 0 Å². The van der Waals surface area contributed by atoms with Gasteiger partial charge in [-0.25, -0.2) is 9.97 Å². The summed E-state index contributed by atoms with van der Waals surface area (Å²) in [7, 11) is 0. The van der Waals surface area contributed by atoms with Gasteiger partial charge in [0.15, 0.2) is 5.65 Å². The molecule has 4 rings (SSSR count). The molecule has 2 aromatic heterocycles. The van der Waals surface area contributed by atoms with Crippen LogP contribution in [0.3, 0.4) is 0 Å². The van der Waals surface area contributed by atoms with E-state index in [1.54, 1.807) is 6.20 Å². The predicted octanol–water partition coefficient (Wildman–Crippen LogP) is 3.72. The molecule has 0 radical (unpaired) electrons. The number of H-pyrrole nitrogens is 1. The Morgan fingerprint density at radius 3 is 2.63 bits per heavy atom. The molecular formula is C21H25N5O. The lowest BCUT2D eigenvalue weighted by Gasteiger charge is -2.29. The fraction of sp³-hybridized carbons (Fsp3) is 0.381. The van der Waals surface area contributed by atoms with E-state index in [1.165, 1.54) is 0 Å². The van der Waals surface area contributed by atoms with Crippen molar-refractivity contribution in [3.63, 3.8) is 0 Å². The lowest BCUT2D eigenvalue weighted by atomic mass is 9.79. The Kier molecular flexibility index (Phi) is 4.90. The summed E-state index contributed by atoms with van der Waals surface area (Å²) >= 11 is 0. The smallest absolute Gasteiger partial charge is 0.227 e. The molecule has 2 heterocycles. The van der Waals surface area contributed by atoms with Crippen LogP contribution >= 0.6 is 0 Å². The summed E-state index contributed by atoms with van der Waals surface area (Å²) in [5.41, 5.74) is 9.06. The molecule has 1 aromatic carbocycles. The number of benzene rings is 1. The monoisotopic (exact) mass is 363 g/mol. The highest BCUT2D eigenvalue weighted by atomic mass is 16.1.